The van der Waals surface area contributed by atoms with Crippen LogP contribution in [0.3, 0.4) is 0 Å². The molecule has 1 aliphatic carbocycles. The van der Waals surface area contributed by atoms with Crippen LogP contribution in [0.5, 0.6) is 0 Å². The summed E-state index contributed by atoms with van der Waals surface area (Å²) in [6.45, 7) is 1.85. The average Bonchev–Trinajstić information content (AvgIpc) is 2.60. The molecule has 0 bridgehead atoms. The third-order valence-corrected chi connectivity index (χ3v) is 6.63. The highest BCUT2D eigenvalue weighted by molar-refractivity contribution is 7.91. The number of carbonyl (C=O) groups excluding carboxylic acids is 1. The number of benzene rings is 1. The van der Waals surface area contributed by atoms with Crippen LogP contribution in [0.25, 0.3) is 0 Å². The van der Waals surface area contributed by atoms with Crippen LogP contribution < -0.4 is 5.32 Å². The lowest BCUT2D eigenvalue weighted by Crippen LogP contribution is -2.55. The predicted octanol–water partition coefficient (Wildman–Crippen LogP) is 1.87. The molecule has 144 valence electrons. The second kappa shape index (κ2) is 8.18. The largest absolute Gasteiger partial charge is 0.481 e. The van der Waals surface area contributed by atoms with E-state index in [9.17, 15) is 23.1 Å². The summed E-state index contributed by atoms with van der Waals surface area (Å²) in [7, 11) is -2.03. The summed E-state index contributed by atoms with van der Waals surface area (Å²) in [5.41, 5.74) is -0.517. The van der Waals surface area contributed by atoms with Crippen LogP contribution in [0.15, 0.2) is 29.2 Å². The molecule has 1 saturated carbocycles. The van der Waals surface area contributed by atoms with Gasteiger partial charge in [0.25, 0.3) is 5.91 Å². The Morgan fingerprint density at radius 2 is 1.92 bits per heavy atom. The standard InChI is InChI=1S/C18H25NO6S/c1-18(10-4-3-5-15(18)17(21)22)19-16(20)13-6-8-14(9-7-13)26(23,24)12-11-25-2/h6-9,15H,3-5,10-12H2,1-2H3,(H,19,20)(H,21,22). The maximum absolute atomic E-state index is 12.5. The molecule has 26 heavy (non-hydrogen) atoms. The zero-order valence-corrected chi connectivity index (χ0v) is 15.8. The van der Waals surface area contributed by atoms with E-state index in [0.717, 1.165) is 12.8 Å². The molecule has 0 heterocycles. The number of amides is 1. The monoisotopic (exact) mass is 383 g/mol. The van der Waals surface area contributed by atoms with Crippen molar-refractivity contribution in [1.82, 2.24) is 5.32 Å². The molecule has 0 spiro atoms. The molecule has 2 atom stereocenters. The van der Waals surface area contributed by atoms with Gasteiger partial charge in [-0.05, 0) is 44.0 Å². The average molecular weight is 383 g/mol. The first-order valence-corrected chi connectivity index (χ1v) is 10.2. The molecule has 0 saturated heterocycles. The Labute approximate surface area is 153 Å². The van der Waals surface area contributed by atoms with Gasteiger partial charge in [0, 0.05) is 12.7 Å². The van der Waals surface area contributed by atoms with Crippen molar-refractivity contribution < 1.29 is 27.9 Å². The van der Waals surface area contributed by atoms with Crippen LogP contribution in [-0.2, 0) is 19.4 Å². The van der Waals surface area contributed by atoms with Gasteiger partial charge in [0.1, 0.15) is 0 Å². The number of aliphatic carboxylic acids is 1. The van der Waals surface area contributed by atoms with Crippen molar-refractivity contribution in [3.63, 3.8) is 0 Å². The Bertz CT molecular complexity index is 758. The van der Waals surface area contributed by atoms with Gasteiger partial charge in [0.05, 0.1) is 28.7 Å². The molecule has 0 radical (unpaired) electrons. The molecular formula is C18H25NO6S. The smallest absolute Gasteiger partial charge is 0.308 e. The van der Waals surface area contributed by atoms with Crippen LogP contribution in [0, 0.1) is 5.92 Å². The van der Waals surface area contributed by atoms with Gasteiger partial charge in [0.2, 0.25) is 0 Å². The van der Waals surface area contributed by atoms with Gasteiger partial charge < -0.3 is 15.2 Å². The zero-order valence-electron chi connectivity index (χ0n) is 15.0. The van der Waals surface area contributed by atoms with Crippen molar-refractivity contribution in [3.8, 4) is 0 Å². The van der Waals surface area contributed by atoms with Gasteiger partial charge in [-0.25, -0.2) is 8.42 Å². The van der Waals surface area contributed by atoms with E-state index in [-0.39, 0.29) is 17.3 Å². The Morgan fingerprint density at radius 3 is 2.50 bits per heavy atom. The Morgan fingerprint density at radius 1 is 1.27 bits per heavy atom. The summed E-state index contributed by atoms with van der Waals surface area (Å²) >= 11 is 0. The van der Waals surface area contributed by atoms with Crippen molar-refractivity contribution in [1.29, 1.82) is 0 Å². The molecule has 8 heteroatoms. The molecule has 2 rings (SSSR count). The second-order valence-corrected chi connectivity index (χ2v) is 8.95. The number of methoxy groups -OCH3 is 1. The molecule has 7 nitrogen and oxygen atoms in total. The second-order valence-electron chi connectivity index (χ2n) is 6.84. The van der Waals surface area contributed by atoms with E-state index in [1.54, 1.807) is 6.92 Å². The molecule has 1 amide bonds. The maximum atomic E-state index is 12.5. The molecule has 1 aliphatic rings. The molecule has 1 aromatic rings. The summed E-state index contributed by atoms with van der Waals surface area (Å²) in [4.78, 5) is 24.2. The highest BCUT2D eigenvalue weighted by Crippen LogP contribution is 2.34. The quantitative estimate of drug-likeness (QED) is 0.744. The van der Waals surface area contributed by atoms with Gasteiger partial charge >= 0.3 is 5.97 Å². The number of sulfone groups is 1. The van der Waals surface area contributed by atoms with Crippen molar-refractivity contribution in [2.45, 2.75) is 43.0 Å². The fraction of sp³-hybridized carbons (Fsp3) is 0.556. The van der Waals surface area contributed by atoms with Crippen LogP contribution in [0.1, 0.15) is 43.0 Å². The summed E-state index contributed by atoms with van der Waals surface area (Å²) in [5, 5.41) is 12.3. The topological polar surface area (TPSA) is 110 Å². The van der Waals surface area contributed by atoms with Crippen molar-refractivity contribution in [2.75, 3.05) is 19.5 Å². The van der Waals surface area contributed by atoms with Crippen LogP contribution in [-0.4, -0.2) is 50.4 Å². The third-order valence-electron chi connectivity index (χ3n) is 4.94. The zero-order chi connectivity index (χ0) is 19.4. The highest BCUT2D eigenvalue weighted by Gasteiger charge is 2.42. The van der Waals surface area contributed by atoms with Crippen LogP contribution in [0.4, 0.5) is 0 Å². The number of carbonyl (C=O) groups is 2. The van der Waals surface area contributed by atoms with E-state index in [0.29, 0.717) is 18.4 Å². The molecule has 2 N–H and O–H groups in total. The molecule has 1 fully saturated rings. The minimum atomic E-state index is -3.46. The fourth-order valence-electron chi connectivity index (χ4n) is 3.34. The van der Waals surface area contributed by atoms with Crippen molar-refractivity contribution >= 4 is 21.7 Å². The normalized spacial score (nSPS) is 23.4. The van der Waals surface area contributed by atoms with E-state index in [2.05, 4.69) is 5.32 Å². The maximum Gasteiger partial charge on any atom is 0.308 e. The Hall–Kier alpha value is -1.93. The number of carboxylic acids is 1. The number of rotatable bonds is 7. The summed E-state index contributed by atoms with van der Waals surface area (Å²) < 4.78 is 29.0. The SMILES string of the molecule is COCCS(=O)(=O)c1ccc(C(=O)NC2(C)CCCCC2C(=O)O)cc1. The first-order valence-electron chi connectivity index (χ1n) is 8.57. The van der Waals surface area contributed by atoms with E-state index < -0.39 is 33.2 Å². The van der Waals surface area contributed by atoms with Gasteiger partial charge in [-0.3, -0.25) is 9.59 Å². The third kappa shape index (κ3) is 4.62. The first-order chi connectivity index (χ1) is 12.2. The minimum absolute atomic E-state index is 0.0967. The van der Waals surface area contributed by atoms with E-state index in [1.807, 2.05) is 0 Å². The molecule has 0 aliphatic heterocycles. The van der Waals surface area contributed by atoms with Crippen molar-refractivity contribution in [3.05, 3.63) is 29.8 Å². The first kappa shape index (κ1) is 20.4. The predicted molar refractivity (Wildman–Crippen MR) is 95.8 cm³/mol. The lowest BCUT2D eigenvalue weighted by Gasteiger charge is -2.39. The number of carboxylic acid groups (broad SMARTS) is 1. The van der Waals surface area contributed by atoms with E-state index >= 15 is 0 Å². The minimum Gasteiger partial charge on any atom is -0.481 e. The van der Waals surface area contributed by atoms with Gasteiger partial charge in [-0.15, -0.1) is 0 Å². The molecular weight excluding hydrogens is 358 g/mol. The molecule has 1 aromatic carbocycles. The summed E-state index contributed by atoms with van der Waals surface area (Å²) in [5.74, 6) is -2.07. The van der Waals surface area contributed by atoms with Crippen LogP contribution in [0.2, 0.25) is 0 Å². The summed E-state index contributed by atoms with van der Waals surface area (Å²) in [6.07, 6.45) is 2.82. The van der Waals surface area contributed by atoms with Crippen LogP contribution >= 0.6 is 0 Å². The van der Waals surface area contributed by atoms with Gasteiger partial charge in [-0.2, -0.15) is 0 Å². The van der Waals surface area contributed by atoms with Gasteiger partial charge in [0.15, 0.2) is 9.84 Å². The number of hydrogen-bond acceptors (Lipinski definition) is 5. The summed E-state index contributed by atoms with van der Waals surface area (Å²) in [6, 6.07) is 5.66. The van der Waals surface area contributed by atoms with E-state index in [4.69, 9.17) is 4.74 Å². The lowest BCUT2D eigenvalue weighted by molar-refractivity contribution is -0.145. The van der Waals surface area contributed by atoms with Gasteiger partial charge in [-0.1, -0.05) is 12.8 Å². The number of ether oxygens (including phenoxy) is 1. The number of nitrogens with one attached hydrogen (secondary N) is 1. The molecule has 0 aromatic heterocycles. The van der Waals surface area contributed by atoms with Crippen molar-refractivity contribution in [2.24, 2.45) is 5.92 Å². The molecule has 2 unspecified atom stereocenters. The Kier molecular flexibility index (Phi) is 6.41. The Balaban J connectivity index is 2.13. The highest BCUT2D eigenvalue weighted by atomic mass is 32.2. The lowest BCUT2D eigenvalue weighted by atomic mass is 9.73. The van der Waals surface area contributed by atoms with E-state index in [1.165, 1.54) is 31.4 Å². The fourth-order valence-corrected chi connectivity index (χ4v) is 4.51. The number of hydrogen-bond donors (Lipinski definition) is 2.